The molecule has 1 heterocycles. The van der Waals surface area contributed by atoms with Crippen LogP contribution in [0.4, 0.5) is 0 Å². The molecule has 0 aliphatic carbocycles. The molecule has 1 aromatic rings. The maximum atomic E-state index is 5.72. The van der Waals surface area contributed by atoms with Crippen LogP contribution in [0.15, 0.2) is 6.07 Å². The minimum atomic E-state index is 0.0733. The molecule has 0 spiro atoms. The molecule has 0 saturated carbocycles. The summed E-state index contributed by atoms with van der Waals surface area (Å²) in [7, 11) is 1.77. The molecule has 1 N–H and O–H groups in total. The molecule has 1 fully saturated rings. The highest BCUT2D eigenvalue weighted by Crippen LogP contribution is 2.42. The van der Waals surface area contributed by atoms with Crippen molar-refractivity contribution in [2.24, 2.45) is 0 Å². The Morgan fingerprint density at radius 2 is 1.95 bits per heavy atom. The number of hydrogen-bond acceptors (Lipinski definition) is 3. The molecule has 0 atom stereocenters. The number of hydrogen-bond donors (Lipinski definition) is 1. The van der Waals surface area contributed by atoms with Gasteiger partial charge in [0.15, 0.2) is 0 Å². The van der Waals surface area contributed by atoms with Gasteiger partial charge in [-0.15, -0.1) is 0 Å². The lowest BCUT2D eigenvalue weighted by Crippen LogP contribution is -2.54. The zero-order valence-electron chi connectivity index (χ0n) is 12.7. The summed E-state index contributed by atoms with van der Waals surface area (Å²) in [4.78, 5) is 0. The second kappa shape index (κ2) is 5.51. The molecule has 1 saturated heterocycles. The number of likely N-dealkylation sites (N-methyl/N-ethyl adjacent to an activating group) is 1. The van der Waals surface area contributed by atoms with E-state index in [0.29, 0.717) is 0 Å². The van der Waals surface area contributed by atoms with E-state index in [4.69, 9.17) is 9.47 Å². The van der Waals surface area contributed by atoms with Gasteiger partial charge in [0, 0.05) is 12.1 Å². The minimum Gasteiger partial charge on any atom is -0.496 e. The number of nitrogens with one attached hydrogen (secondary N) is 1. The van der Waals surface area contributed by atoms with Crippen molar-refractivity contribution >= 4 is 0 Å². The van der Waals surface area contributed by atoms with Gasteiger partial charge in [0.2, 0.25) is 0 Å². The fraction of sp³-hybridized carbons (Fsp3) is 0.625. The van der Waals surface area contributed by atoms with Gasteiger partial charge in [-0.05, 0) is 44.0 Å². The number of rotatable bonds is 5. The zero-order valence-corrected chi connectivity index (χ0v) is 12.7. The molecule has 0 bridgehead atoms. The van der Waals surface area contributed by atoms with E-state index >= 15 is 0 Å². The lowest BCUT2D eigenvalue weighted by atomic mass is 9.74. The van der Waals surface area contributed by atoms with Crippen LogP contribution in [-0.2, 0) is 10.2 Å². The first kappa shape index (κ1) is 14.4. The fourth-order valence-electron chi connectivity index (χ4n) is 3.01. The summed E-state index contributed by atoms with van der Waals surface area (Å²) in [6.45, 7) is 12.1. The molecule has 3 heteroatoms. The number of benzene rings is 1. The molecule has 1 aliphatic rings. The van der Waals surface area contributed by atoms with Crippen LogP contribution in [0, 0.1) is 20.8 Å². The van der Waals surface area contributed by atoms with Crippen LogP contribution in [0.3, 0.4) is 0 Å². The summed E-state index contributed by atoms with van der Waals surface area (Å²) in [6, 6.07) is 2.26. The predicted molar refractivity (Wildman–Crippen MR) is 78.2 cm³/mol. The third kappa shape index (κ3) is 2.37. The van der Waals surface area contributed by atoms with E-state index in [1.165, 1.54) is 22.3 Å². The van der Waals surface area contributed by atoms with E-state index < -0.39 is 0 Å². The van der Waals surface area contributed by atoms with E-state index in [9.17, 15) is 0 Å². The minimum absolute atomic E-state index is 0.0733. The van der Waals surface area contributed by atoms with Gasteiger partial charge in [0.05, 0.1) is 25.7 Å². The second-order valence-corrected chi connectivity index (χ2v) is 5.60. The average Bonchev–Trinajstić information content (AvgIpc) is 2.34. The maximum Gasteiger partial charge on any atom is 0.126 e. The Bertz CT molecular complexity index is 464. The van der Waals surface area contributed by atoms with E-state index in [0.717, 1.165) is 32.1 Å². The highest BCUT2D eigenvalue weighted by atomic mass is 16.5. The molecule has 0 aromatic heterocycles. The van der Waals surface area contributed by atoms with E-state index in [1.54, 1.807) is 7.11 Å². The maximum absolute atomic E-state index is 5.72. The van der Waals surface area contributed by atoms with Crippen molar-refractivity contribution in [2.45, 2.75) is 33.1 Å². The molecule has 0 radical (unpaired) electrons. The van der Waals surface area contributed by atoms with E-state index in [-0.39, 0.29) is 5.41 Å². The van der Waals surface area contributed by atoms with Gasteiger partial charge in [0.1, 0.15) is 5.75 Å². The van der Waals surface area contributed by atoms with Gasteiger partial charge < -0.3 is 14.8 Å². The second-order valence-electron chi connectivity index (χ2n) is 5.60. The van der Waals surface area contributed by atoms with Gasteiger partial charge in [-0.25, -0.2) is 0 Å². The van der Waals surface area contributed by atoms with Crippen molar-refractivity contribution in [3.63, 3.8) is 0 Å². The van der Waals surface area contributed by atoms with E-state index in [2.05, 4.69) is 39.1 Å². The number of methoxy groups -OCH3 is 1. The first-order valence-corrected chi connectivity index (χ1v) is 6.99. The largest absolute Gasteiger partial charge is 0.496 e. The zero-order chi connectivity index (χ0) is 14.0. The van der Waals surface area contributed by atoms with Crippen molar-refractivity contribution in [1.82, 2.24) is 5.32 Å². The number of ether oxygens (including phenoxy) is 2. The Morgan fingerprint density at radius 1 is 1.26 bits per heavy atom. The van der Waals surface area contributed by atoms with Crippen LogP contribution >= 0.6 is 0 Å². The summed E-state index contributed by atoms with van der Waals surface area (Å²) in [5.41, 5.74) is 5.23. The Hall–Kier alpha value is -1.06. The molecule has 1 aliphatic heterocycles. The third-order valence-electron chi connectivity index (χ3n) is 4.19. The van der Waals surface area contributed by atoms with Crippen molar-refractivity contribution < 1.29 is 9.47 Å². The van der Waals surface area contributed by atoms with Crippen LogP contribution in [0.1, 0.15) is 29.2 Å². The molecule has 19 heavy (non-hydrogen) atoms. The molecule has 1 aromatic carbocycles. The third-order valence-corrected chi connectivity index (χ3v) is 4.19. The predicted octanol–water partition coefficient (Wildman–Crippen LogP) is 2.50. The van der Waals surface area contributed by atoms with Crippen LogP contribution in [0.5, 0.6) is 5.75 Å². The van der Waals surface area contributed by atoms with E-state index in [1.807, 2.05) is 0 Å². The Morgan fingerprint density at radius 3 is 2.42 bits per heavy atom. The smallest absolute Gasteiger partial charge is 0.126 e. The summed E-state index contributed by atoms with van der Waals surface area (Å²) in [5.74, 6) is 1.04. The first-order valence-electron chi connectivity index (χ1n) is 6.99. The summed E-state index contributed by atoms with van der Waals surface area (Å²) in [6.07, 6.45) is 0. The van der Waals surface area contributed by atoms with Crippen LogP contribution in [0.25, 0.3) is 0 Å². The average molecular weight is 263 g/mol. The van der Waals surface area contributed by atoms with Gasteiger partial charge >= 0.3 is 0 Å². The van der Waals surface area contributed by atoms with Gasteiger partial charge in [-0.2, -0.15) is 0 Å². The highest BCUT2D eigenvalue weighted by molar-refractivity contribution is 5.54. The fourth-order valence-corrected chi connectivity index (χ4v) is 3.01. The monoisotopic (exact) mass is 263 g/mol. The van der Waals surface area contributed by atoms with Crippen LogP contribution < -0.4 is 10.1 Å². The van der Waals surface area contributed by atoms with Crippen molar-refractivity contribution in [2.75, 3.05) is 33.4 Å². The van der Waals surface area contributed by atoms with Crippen molar-refractivity contribution in [1.29, 1.82) is 0 Å². The van der Waals surface area contributed by atoms with Crippen LogP contribution in [-0.4, -0.2) is 33.4 Å². The molecule has 3 nitrogen and oxygen atoms in total. The van der Waals surface area contributed by atoms with Gasteiger partial charge in [-0.3, -0.25) is 0 Å². The number of aryl methyl sites for hydroxylation is 2. The molecule has 0 amide bonds. The Kier molecular flexibility index (Phi) is 4.16. The van der Waals surface area contributed by atoms with Crippen molar-refractivity contribution in [3.05, 3.63) is 28.3 Å². The summed E-state index contributed by atoms with van der Waals surface area (Å²) >= 11 is 0. The quantitative estimate of drug-likeness (QED) is 0.885. The molecule has 0 unspecified atom stereocenters. The topological polar surface area (TPSA) is 30.5 Å². The molecular weight excluding hydrogens is 238 g/mol. The highest BCUT2D eigenvalue weighted by Gasteiger charge is 2.43. The van der Waals surface area contributed by atoms with Crippen molar-refractivity contribution in [3.8, 4) is 5.75 Å². The molecular formula is C16H25NO2. The Balaban J connectivity index is 2.50. The van der Waals surface area contributed by atoms with Crippen LogP contribution in [0.2, 0.25) is 0 Å². The lowest BCUT2D eigenvalue weighted by molar-refractivity contribution is -0.0600. The molecule has 106 valence electrons. The SMILES string of the molecule is CCNCC1(c2c(C)cc(C)c(C)c2OC)COC1. The Labute approximate surface area is 116 Å². The summed E-state index contributed by atoms with van der Waals surface area (Å²) < 4.78 is 11.2. The van der Waals surface area contributed by atoms with Gasteiger partial charge in [-0.1, -0.05) is 13.0 Å². The van der Waals surface area contributed by atoms with Gasteiger partial charge in [0.25, 0.3) is 0 Å². The first-order chi connectivity index (χ1) is 9.05. The standard InChI is InChI=1S/C16H25NO2/c1-6-17-8-16(9-19-10-16)14-12(3)7-11(2)13(4)15(14)18-5/h7,17H,6,8-10H2,1-5H3. The normalized spacial score (nSPS) is 17.1. The lowest BCUT2D eigenvalue weighted by Gasteiger charge is -2.44. The summed E-state index contributed by atoms with van der Waals surface area (Å²) in [5, 5.41) is 3.47. The molecule has 2 rings (SSSR count).